The number of benzene rings is 4. The van der Waals surface area contributed by atoms with Gasteiger partial charge in [-0.3, -0.25) is 4.79 Å². The van der Waals surface area contributed by atoms with Crippen LogP contribution in [0.15, 0.2) is 118 Å². The maximum Gasteiger partial charge on any atom is 0.255 e. The van der Waals surface area contributed by atoms with E-state index in [0.717, 1.165) is 19.9 Å². The Labute approximate surface area is 242 Å². The molecule has 10 heteroatoms. The van der Waals surface area contributed by atoms with Crippen molar-refractivity contribution in [2.24, 2.45) is 5.10 Å². The number of ether oxygens (including phenoxy) is 2. The number of amides is 1. The summed E-state index contributed by atoms with van der Waals surface area (Å²) in [4.78, 5) is 12.9. The van der Waals surface area contributed by atoms with Crippen molar-refractivity contribution >= 4 is 38.1 Å². The van der Waals surface area contributed by atoms with Gasteiger partial charge < -0.3 is 9.47 Å². The Morgan fingerprint density at radius 2 is 1.57 bits per heavy atom. The second-order valence-corrected chi connectivity index (χ2v) is 11.5. The van der Waals surface area contributed by atoms with Gasteiger partial charge in [-0.1, -0.05) is 76.6 Å². The zero-order valence-corrected chi connectivity index (χ0v) is 24.1. The van der Waals surface area contributed by atoms with Crippen molar-refractivity contribution in [3.05, 3.63) is 124 Å². The third-order valence-corrected chi connectivity index (χ3v) is 8.14. The molecule has 0 radical (unpaired) electrons. The van der Waals surface area contributed by atoms with Gasteiger partial charge in [0.25, 0.3) is 5.91 Å². The van der Waals surface area contributed by atoms with Gasteiger partial charge in [0.2, 0.25) is 10.0 Å². The van der Waals surface area contributed by atoms with Gasteiger partial charge in [0, 0.05) is 11.0 Å². The molecule has 40 heavy (non-hydrogen) atoms. The van der Waals surface area contributed by atoms with Crippen molar-refractivity contribution in [3.63, 3.8) is 0 Å². The standard InChI is InChI=1S/C30H28BrN3O5S/c1-38-29-18-25(14-17-28(29)39-22-24-8-4-2-5-9-24)19-32-33-30(35)21-34(20-23-12-15-26(31)16-13-23)40(36,37)27-10-6-3-7-11-27/h2-19H,20-22H2,1H3,(H,33,35)/b32-19-. The summed E-state index contributed by atoms with van der Waals surface area (Å²) in [5, 5.41) is 4.02. The molecule has 0 aliphatic heterocycles. The number of hydrogen-bond acceptors (Lipinski definition) is 6. The maximum absolute atomic E-state index is 13.4. The Bertz CT molecular complexity index is 1550. The van der Waals surface area contributed by atoms with Crippen molar-refractivity contribution in [1.82, 2.24) is 9.73 Å². The average Bonchev–Trinajstić information content (AvgIpc) is 2.98. The second-order valence-electron chi connectivity index (χ2n) is 8.69. The smallest absolute Gasteiger partial charge is 0.255 e. The van der Waals surface area contributed by atoms with Gasteiger partial charge in [0.1, 0.15) is 6.61 Å². The number of nitrogens with zero attached hydrogens (tertiary/aromatic N) is 2. The third-order valence-electron chi connectivity index (χ3n) is 5.80. The first kappa shape index (κ1) is 29.0. The van der Waals surface area contributed by atoms with Crippen LogP contribution in [0.1, 0.15) is 16.7 Å². The summed E-state index contributed by atoms with van der Waals surface area (Å²) in [6.45, 7) is -0.00710. The molecule has 1 amide bonds. The zero-order chi connectivity index (χ0) is 28.4. The van der Waals surface area contributed by atoms with E-state index in [-0.39, 0.29) is 11.4 Å². The molecule has 4 aromatic rings. The molecule has 4 rings (SSSR count). The zero-order valence-electron chi connectivity index (χ0n) is 21.7. The summed E-state index contributed by atoms with van der Waals surface area (Å²) in [6, 6.07) is 30.3. The van der Waals surface area contributed by atoms with Gasteiger partial charge in [0.05, 0.1) is 24.8 Å². The molecule has 206 valence electrons. The Morgan fingerprint density at radius 3 is 2.25 bits per heavy atom. The van der Waals surface area contributed by atoms with Gasteiger partial charge in [-0.2, -0.15) is 9.41 Å². The van der Waals surface area contributed by atoms with Crippen LogP contribution in [0, 0.1) is 0 Å². The summed E-state index contributed by atoms with van der Waals surface area (Å²) in [5.74, 6) is 0.505. The molecule has 0 spiro atoms. The van der Waals surface area contributed by atoms with Crippen LogP contribution in [-0.4, -0.2) is 38.5 Å². The van der Waals surface area contributed by atoms with E-state index in [1.54, 1.807) is 55.6 Å². The molecular weight excluding hydrogens is 594 g/mol. The molecule has 0 saturated heterocycles. The summed E-state index contributed by atoms with van der Waals surface area (Å²) in [6.07, 6.45) is 1.45. The Balaban J connectivity index is 1.42. The van der Waals surface area contributed by atoms with Crippen LogP contribution >= 0.6 is 15.9 Å². The van der Waals surface area contributed by atoms with E-state index in [1.165, 1.54) is 18.3 Å². The fourth-order valence-corrected chi connectivity index (χ4v) is 5.42. The second kappa shape index (κ2) is 13.9. The van der Waals surface area contributed by atoms with E-state index in [4.69, 9.17) is 9.47 Å². The average molecular weight is 623 g/mol. The molecular formula is C30H28BrN3O5S. The van der Waals surface area contributed by atoms with Crippen LogP contribution in [0.4, 0.5) is 0 Å². The SMILES string of the molecule is COc1cc(/C=N\NC(=O)CN(Cc2ccc(Br)cc2)S(=O)(=O)c2ccccc2)ccc1OCc1ccccc1. The third kappa shape index (κ3) is 8.01. The van der Waals surface area contributed by atoms with E-state index < -0.39 is 22.5 Å². The number of halogens is 1. The lowest BCUT2D eigenvalue weighted by atomic mass is 10.2. The first-order chi connectivity index (χ1) is 19.3. The highest BCUT2D eigenvalue weighted by Gasteiger charge is 2.26. The molecule has 0 aliphatic carbocycles. The predicted octanol–water partition coefficient (Wildman–Crippen LogP) is 5.38. The van der Waals surface area contributed by atoms with Crippen LogP contribution in [-0.2, 0) is 28.0 Å². The van der Waals surface area contributed by atoms with Crippen LogP contribution in [0.5, 0.6) is 11.5 Å². The molecule has 8 nitrogen and oxygen atoms in total. The van der Waals surface area contributed by atoms with Crippen molar-refractivity contribution in [2.45, 2.75) is 18.0 Å². The summed E-state index contributed by atoms with van der Waals surface area (Å²) < 4.78 is 40.0. The Kier molecular flexibility index (Phi) is 10.1. The van der Waals surface area contributed by atoms with Gasteiger partial charge >= 0.3 is 0 Å². The highest BCUT2D eigenvalue weighted by Crippen LogP contribution is 2.28. The molecule has 0 atom stereocenters. The molecule has 0 heterocycles. The molecule has 1 N–H and O–H groups in total. The lowest BCUT2D eigenvalue weighted by Gasteiger charge is -2.21. The van der Waals surface area contributed by atoms with Crippen LogP contribution in [0.2, 0.25) is 0 Å². The normalized spacial score (nSPS) is 11.5. The Morgan fingerprint density at radius 1 is 0.900 bits per heavy atom. The number of hydrazone groups is 1. The number of carbonyl (C=O) groups excluding carboxylic acids is 1. The topological polar surface area (TPSA) is 97.3 Å². The molecule has 0 bridgehead atoms. The lowest BCUT2D eigenvalue weighted by Crippen LogP contribution is -2.39. The highest BCUT2D eigenvalue weighted by molar-refractivity contribution is 9.10. The largest absolute Gasteiger partial charge is 0.493 e. The monoisotopic (exact) mass is 621 g/mol. The minimum absolute atomic E-state index is 0.0171. The summed E-state index contributed by atoms with van der Waals surface area (Å²) in [5.41, 5.74) is 4.85. The number of rotatable bonds is 12. The van der Waals surface area contributed by atoms with E-state index >= 15 is 0 Å². The summed E-state index contributed by atoms with van der Waals surface area (Å²) in [7, 11) is -2.40. The molecule has 0 aliphatic rings. The van der Waals surface area contributed by atoms with E-state index in [0.29, 0.717) is 23.7 Å². The van der Waals surface area contributed by atoms with Crippen LogP contribution in [0.25, 0.3) is 0 Å². The van der Waals surface area contributed by atoms with Gasteiger partial charge in [-0.25, -0.2) is 13.8 Å². The van der Waals surface area contributed by atoms with E-state index in [2.05, 4.69) is 26.5 Å². The number of methoxy groups -OCH3 is 1. The minimum atomic E-state index is -3.94. The quantitative estimate of drug-likeness (QED) is 0.169. The van der Waals surface area contributed by atoms with Crippen molar-refractivity contribution in [2.75, 3.05) is 13.7 Å². The molecule has 0 aromatic heterocycles. The first-order valence-corrected chi connectivity index (χ1v) is 14.5. The van der Waals surface area contributed by atoms with Gasteiger partial charge in [0.15, 0.2) is 11.5 Å². The van der Waals surface area contributed by atoms with Gasteiger partial charge in [-0.15, -0.1) is 0 Å². The molecule has 4 aromatic carbocycles. The van der Waals surface area contributed by atoms with E-state index in [9.17, 15) is 13.2 Å². The number of sulfonamides is 1. The fourth-order valence-electron chi connectivity index (χ4n) is 3.75. The number of nitrogens with one attached hydrogen (secondary N) is 1. The number of hydrogen-bond donors (Lipinski definition) is 1. The minimum Gasteiger partial charge on any atom is -0.493 e. The number of carbonyl (C=O) groups is 1. The van der Waals surface area contributed by atoms with Crippen LogP contribution < -0.4 is 14.9 Å². The molecule has 0 unspecified atom stereocenters. The van der Waals surface area contributed by atoms with Crippen LogP contribution in [0.3, 0.4) is 0 Å². The lowest BCUT2D eigenvalue weighted by molar-refractivity contribution is -0.121. The van der Waals surface area contributed by atoms with Gasteiger partial charge in [-0.05, 0) is 59.2 Å². The first-order valence-electron chi connectivity index (χ1n) is 12.3. The van der Waals surface area contributed by atoms with Crippen molar-refractivity contribution in [1.29, 1.82) is 0 Å². The van der Waals surface area contributed by atoms with E-state index in [1.807, 2.05) is 42.5 Å². The maximum atomic E-state index is 13.4. The predicted molar refractivity (Wildman–Crippen MR) is 158 cm³/mol. The van der Waals surface area contributed by atoms with Crippen molar-refractivity contribution in [3.8, 4) is 11.5 Å². The Hall–Kier alpha value is -3.99. The highest BCUT2D eigenvalue weighted by atomic mass is 79.9. The molecule has 0 fully saturated rings. The van der Waals surface area contributed by atoms with Crippen molar-refractivity contribution < 1.29 is 22.7 Å². The molecule has 0 saturated carbocycles. The summed E-state index contributed by atoms with van der Waals surface area (Å²) >= 11 is 3.38. The fraction of sp³-hybridized carbons (Fsp3) is 0.133.